The van der Waals surface area contributed by atoms with Crippen LogP contribution in [0.3, 0.4) is 0 Å². The second kappa shape index (κ2) is 3.08. The Labute approximate surface area is 137 Å². The van der Waals surface area contributed by atoms with Crippen LogP contribution in [0, 0.1) is 39.9 Å². The van der Waals surface area contributed by atoms with Crippen molar-refractivity contribution >= 4 is 0 Å². The first-order valence-corrected chi connectivity index (χ1v) is 9.73. The van der Waals surface area contributed by atoms with Gasteiger partial charge in [0.25, 0.3) is 0 Å². The van der Waals surface area contributed by atoms with Gasteiger partial charge in [0, 0.05) is 30.3 Å². The van der Waals surface area contributed by atoms with Crippen molar-refractivity contribution in [3.05, 3.63) is 12.2 Å². The zero-order chi connectivity index (χ0) is 15.6. The third-order valence-electron chi connectivity index (χ3n) is 10.3. The maximum Gasteiger partial charge on any atom is 0.123 e. The molecule has 2 N–H and O–H groups in total. The number of fused-ring (bicyclic) bond motifs is 1. The minimum absolute atomic E-state index is 0.167. The standard InChI is InChI=1S/C20H27NO2/c1-10-7-18-8-20(23)16-17(2)4-3-5-19(16)12(18)6-11(10)14(22)13(18)15(19)21(20)9-17/h11-16,22-23H,1,3-9H2,2H3. The van der Waals surface area contributed by atoms with Gasteiger partial charge < -0.3 is 10.2 Å². The highest BCUT2D eigenvalue weighted by molar-refractivity contribution is 5.42. The van der Waals surface area contributed by atoms with Crippen molar-refractivity contribution in [1.82, 2.24) is 4.90 Å². The molecule has 3 saturated heterocycles. The molecule has 11 unspecified atom stereocenters. The molecule has 9 rings (SSSR count). The average Bonchev–Trinajstić information content (AvgIpc) is 2.82. The van der Waals surface area contributed by atoms with Crippen molar-refractivity contribution in [1.29, 1.82) is 0 Å². The van der Waals surface area contributed by atoms with Gasteiger partial charge in [0.15, 0.2) is 0 Å². The number of hydrogen-bond acceptors (Lipinski definition) is 3. The molecular formula is C20H27NO2. The summed E-state index contributed by atoms with van der Waals surface area (Å²) in [7, 11) is 0. The summed E-state index contributed by atoms with van der Waals surface area (Å²) >= 11 is 0. The van der Waals surface area contributed by atoms with Gasteiger partial charge in [-0.05, 0) is 54.3 Å². The van der Waals surface area contributed by atoms with E-state index in [0.29, 0.717) is 34.6 Å². The van der Waals surface area contributed by atoms with Gasteiger partial charge in [0.05, 0.1) is 6.10 Å². The van der Waals surface area contributed by atoms with Gasteiger partial charge in [-0.25, -0.2) is 0 Å². The Balaban J connectivity index is 1.55. The molecule has 0 aromatic carbocycles. The number of aliphatic hydroxyl groups excluding tert-OH is 1. The van der Waals surface area contributed by atoms with Gasteiger partial charge in [-0.1, -0.05) is 25.5 Å². The highest BCUT2D eigenvalue weighted by atomic mass is 16.3. The lowest BCUT2D eigenvalue weighted by atomic mass is 9.40. The summed E-state index contributed by atoms with van der Waals surface area (Å²) in [6.07, 6.45) is 6.87. The van der Waals surface area contributed by atoms with Gasteiger partial charge in [-0.3, -0.25) is 4.90 Å². The third-order valence-corrected chi connectivity index (χ3v) is 10.3. The van der Waals surface area contributed by atoms with E-state index < -0.39 is 5.72 Å². The van der Waals surface area contributed by atoms with Crippen molar-refractivity contribution in [2.75, 3.05) is 6.54 Å². The van der Waals surface area contributed by atoms with E-state index in [1.165, 1.54) is 24.8 Å². The topological polar surface area (TPSA) is 43.7 Å². The summed E-state index contributed by atoms with van der Waals surface area (Å²) in [5.74, 6) is 1.94. The molecule has 9 bridgehead atoms. The first-order chi connectivity index (χ1) is 10.9. The number of piperidine rings is 2. The van der Waals surface area contributed by atoms with Crippen LogP contribution in [0.25, 0.3) is 0 Å². The fraction of sp³-hybridized carbons (Fsp3) is 0.900. The van der Waals surface area contributed by atoms with Crippen LogP contribution in [0.2, 0.25) is 0 Å². The Hall–Kier alpha value is -0.380. The second-order valence-corrected chi connectivity index (χ2v) is 10.7. The van der Waals surface area contributed by atoms with Crippen LogP contribution in [-0.2, 0) is 0 Å². The molecule has 6 aliphatic carbocycles. The first kappa shape index (κ1) is 12.9. The van der Waals surface area contributed by atoms with Crippen LogP contribution in [0.15, 0.2) is 12.2 Å². The van der Waals surface area contributed by atoms with Crippen molar-refractivity contribution in [3.8, 4) is 0 Å². The molecule has 124 valence electrons. The lowest BCUT2D eigenvalue weighted by Crippen LogP contribution is -2.66. The quantitative estimate of drug-likeness (QED) is 0.674. The highest BCUT2D eigenvalue weighted by Gasteiger charge is 2.91. The molecule has 6 saturated carbocycles. The van der Waals surface area contributed by atoms with E-state index in [2.05, 4.69) is 18.4 Å². The van der Waals surface area contributed by atoms with E-state index in [0.717, 1.165) is 31.7 Å². The Morgan fingerprint density at radius 3 is 2.96 bits per heavy atom. The monoisotopic (exact) mass is 313 g/mol. The Bertz CT molecular complexity index is 691. The van der Waals surface area contributed by atoms with Crippen molar-refractivity contribution in [2.24, 2.45) is 39.9 Å². The molecule has 0 aromatic rings. The minimum atomic E-state index is -0.572. The van der Waals surface area contributed by atoms with Crippen LogP contribution in [0.1, 0.15) is 45.4 Å². The van der Waals surface area contributed by atoms with Crippen LogP contribution in [0.5, 0.6) is 0 Å². The van der Waals surface area contributed by atoms with E-state index in [1.807, 2.05) is 0 Å². The first-order valence-electron chi connectivity index (χ1n) is 9.73. The molecule has 0 aromatic heterocycles. The number of hydrogen-bond donors (Lipinski definition) is 2. The summed E-state index contributed by atoms with van der Waals surface area (Å²) in [6, 6.07) is 0.456. The molecule has 3 heteroatoms. The molecular weight excluding hydrogens is 286 g/mol. The van der Waals surface area contributed by atoms with Crippen molar-refractivity contribution in [3.63, 3.8) is 0 Å². The zero-order valence-electron chi connectivity index (χ0n) is 14.0. The molecule has 9 aliphatic rings. The van der Waals surface area contributed by atoms with Crippen molar-refractivity contribution < 1.29 is 10.2 Å². The molecule has 3 heterocycles. The minimum Gasteiger partial charge on any atom is -0.392 e. The molecule has 3 nitrogen and oxygen atoms in total. The van der Waals surface area contributed by atoms with Gasteiger partial charge in [0.1, 0.15) is 5.72 Å². The molecule has 0 radical (unpaired) electrons. The number of nitrogens with zero attached hydrogens (tertiary/aromatic N) is 1. The molecule has 0 amide bonds. The molecule has 9 fully saturated rings. The van der Waals surface area contributed by atoms with Crippen molar-refractivity contribution in [2.45, 2.75) is 63.3 Å². The Morgan fingerprint density at radius 2 is 2.13 bits per heavy atom. The molecule has 3 aliphatic heterocycles. The van der Waals surface area contributed by atoms with E-state index in [-0.39, 0.29) is 11.5 Å². The fourth-order valence-electron chi connectivity index (χ4n) is 10.5. The van der Waals surface area contributed by atoms with E-state index in [4.69, 9.17) is 0 Å². The summed E-state index contributed by atoms with van der Waals surface area (Å²) in [5, 5.41) is 23.0. The largest absolute Gasteiger partial charge is 0.392 e. The lowest BCUT2D eigenvalue weighted by Gasteiger charge is -2.65. The predicted octanol–water partition coefficient (Wildman–Crippen LogP) is 2.14. The van der Waals surface area contributed by atoms with Crippen LogP contribution >= 0.6 is 0 Å². The normalized spacial score (nSPS) is 75.6. The smallest absolute Gasteiger partial charge is 0.123 e. The third kappa shape index (κ3) is 0.910. The second-order valence-electron chi connectivity index (χ2n) is 10.7. The fourth-order valence-corrected chi connectivity index (χ4v) is 10.5. The highest BCUT2D eigenvalue weighted by Crippen LogP contribution is 2.89. The lowest BCUT2D eigenvalue weighted by molar-refractivity contribution is -0.240. The van der Waals surface area contributed by atoms with E-state index >= 15 is 0 Å². The van der Waals surface area contributed by atoms with Gasteiger partial charge in [0.2, 0.25) is 0 Å². The maximum atomic E-state index is 11.8. The number of rotatable bonds is 0. The van der Waals surface area contributed by atoms with Crippen LogP contribution in [0.4, 0.5) is 0 Å². The van der Waals surface area contributed by atoms with E-state index in [1.54, 1.807) is 0 Å². The summed E-state index contributed by atoms with van der Waals surface area (Å²) < 4.78 is 0. The average molecular weight is 313 g/mol. The summed E-state index contributed by atoms with van der Waals surface area (Å²) in [6.45, 7) is 7.86. The van der Waals surface area contributed by atoms with Crippen LogP contribution < -0.4 is 0 Å². The van der Waals surface area contributed by atoms with Crippen LogP contribution in [-0.4, -0.2) is 39.5 Å². The zero-order valence-corrected chi connectivity index (χ0v) is 14.0. The SMILES string of the molecule is C=C1CC23CC4(O)C5C6(C)CCCC57C(C2C(O)C1CC37)N4C6. The summed E-state index contributed by atoms with van der Waals surface area (Å²) in [4.78, 5) is 2.51. The van der Waals surface area contributed by atoms with Gasteiger partial charge in [-0.2, -0.15) is 0 Å². The molecule has 23 heavy (non-hydrogen) atoms. The Morgan fingerprint density at radius 1 is 1.30 bits per heavy atom. The van der Waals surface area contributed by atoms with Gasteiger partial charge in [-0.15, -0.1) is 0 Å². The summed E-state index contributed by atoms with van der Waals surface area (Å²) in [5.41, 5.74) is 1.49. The predicted molar refractivity (Wildman–Crippen MR) is 85.2 cm³/mol. The molecule has 2 spiro atoms. The molecule has 11 atom stereocenters. The Kier molecular flexibility index (Phi) is 1.73. The maximum absolute atomic E-state index is 11.8. The number of aliphatic hydroxyl groups is 2. The van der Waals surface area contributed by atoms with Gasteiger partial charge >= 0.3 is 0 Å². The van der Waals surface area contributed by atoms with E-state index in [9.17, 15) is 10.2 Å².